The number of nitrogens with zero attached hydrogens (tertiary/aromatic N) is 4. The molecule has 0 saturated heterocycles. The molecule has 1 aliphatic rings. The van der Waals surface area contributed by atoms with Crippen molar-refractivity contribution in [2.45, 2.75) is 36.7 Å². The maximum atomic E-state index is 14.3. The first-order chi connectivity index (χ1) is 14.1. The Balaban J connectivity index is 1.39. The third kappa shape index (κ3) is 5.04. The summed E-state index contributed by atoms with van der Waals surface area (Å²) in [6.07, 6.45) is 1.61. The van der Waals surface area contributed by atoms with Gasteiger partial charge in [-0.1, -0.05) is 54.2 Å². The first-order valence-corrected chi connectivity index (χ1v) is 10.8. The molecule has 152 valence electrons. The van der Waals surface area contributed by atoms with E-state index < -0.39 is 6.10 Å². The van der Waals surface area contributed by atoms with Gasteiger partial charge in [0.05, 0.1) is 11.7 Å². The van der Waals surface area contributed by atoms with E-state index in [1.165, 1.54) is 23.4 Å². The van der Waals surface area contributed by atoms with E-state index in [1.54, 1.807) is 12.1 Å². The molecular weight excluding hydrogens is 387 g/mol. The summed E-state index contributed by atoms with van der Waals surface area (Å²) in [6, 6.07) is 17.2. The molecule has 29 heavy (non-hydrogen) atoms. The number of likely N-dealkylation sites (N-methyl/N-ethyl adjacent to an activating group) is 1. The maximum Gasteiger partial charge on any atom is 0.191 e. The lowest BCUT2D eigenvalue weighted by molar-refractivity contribution is 0.142. The minimum atomic E-state index is -0.491. The first-order valence-electron chi connectivity index (χ1n) is 9.85. The van der Waals surface area contributed by atoms with E-state index in [4.69, 9.17) is 0 Å². The van der Waals surface area contributed by atoms with Gasteiger partial charge in [-0.25, -0.2) is 4.39 Å². The van der Waals surface area contributed by atoms with E-state index in [0.29, 0.717) is 29.7 Å². The van der Waals surface area contributed by atoms with Crippen LogP contribution in [0.25, 0.3) is 11.4 Å². The number of hydrogen-bond donors (Lipinski definition) is 1. The molecule has 1 aliphatic carbocycles. The number of aromatic nitrogens is 3. The van der Waals surface area contributed by atoms with Crippen LogP contribution in [0.5, 0.6) is 0 Å². The highest BCUT2D eigenvalue weighted by Crippen LogP contribution is 2.41. The summed E-state index contributed by atoms with van der Waals surface area (Å²) < 4.78 is 16.3. The Morgan fingerprint density at radius 1 is 1.14 bits per heavy atom. The van der Waals surface area contributed by atoms with E-state index in [9.17, 15) is 9.50 Å². The van der Waals surface area contributed by atoms with Crippen LogP contribution in [0.15, 0.2) is 59.8 Å². The van der Waals surface area contributed by atoms with Crippen molar-refractivity contribution in [1.82, 2.24) is 19.7 Å². The second kappa shape index (κ2) is 9.07. The molecule has 1 atom stereocenters. The number of benzene rings is 2. The van der Waals surface area contributed by atoms with Gasteiger partial charge in [-0.2, -0.15) is 0 Å². The molecule has 0 bridgehead atoms. The summed E-state index contributed by atoms with van der Waals surface area (Å²) in [4.78, 5) is 2.11. The molecular formula is C22H25FN4OS. The Labute approximate surface area is 174 Å². The van der Waals surface area contributed by atoms with Gasteiger partial charge < -0.3 is 5.11 Å². The smallest absolute Gasteiger partial charge is 0.191 e. The third-order valence-corrected chi connectivity index (χ3v) is 6.00. The molecule has 3 aromatic rings. The predicted molar refractivity (Wildman–Crippen MR) is 113 cm³/mol. The van der Waals surface area contributed by atoms with Gasteiger partial charge in [0.2, 0.25) is 0 Å². The standard InChI is InChI=1S/C22H25FN4OS/c1-26(13-16-7-3-2-4-8-16)14-18(28)15-29-22-25-24-21(27(22)17-11-12-17)19-9-5-6-10-20(19)23/h2-10,17-18,28H,11-15H2,1H3. The van der Waals surface area contributed by atoms with Gasteiger partial charge in [-0.05, 0) is 37.6 Å². The summed E-state index contributed by atoms with van der Waals surface area (Å²) in [5, 5.41) is 19.8. The van der Waals surface area contributed by atoms with E-state index >= 15 is 0 Å². The maximum absolute atomic E-state index is 14.3. The Bertz CT molecular complexity index is 945. The topological polar surface area (TPSA) is 54.2 Å². The van der Waals surface area contributed by atoms with Crippen molar-refractivity contribution in [1.29, 1.82) is 0 Å². The van der Waals surface area contributed by atoms with E-state index in [0.717, 1.165) is 24.5 Å². The average Bonchev–Trinajstić information content (AvgIpc) is 3.47. The van der Waals surface area contributed by atoms with E-state index in [2.05, 4.69) is 27.2 Å². The molecule has 1 aromatic heterocycles. The first kappa shape index (κ1) is 20.1. The van der Waals surface area contributed by atoms with Gasteiger partial charge in [0.25, 0.3) is 0 Å². The molecule has 0 radical (unpaired) electrons. The molecule has 4 rings (SSSR count). The lowest BCUT2D eigenvalue weighted by Crippen LogP contribution is -2.30. The van der Waals surface area contributed by atoms with E-state index in [1.807, 2.05) is 35.9 Å². The number of aliphatic hydroxyl groups excluding tert-OH is 1. The lowest BCUT2D eigenvalue weighted by Gasteiger charge is -2.20. The Kier molecular flexibility index (Phi) is 6.28. The van der Waals surface area contributed by atoms with Gasteiger partial charge in [-0.15, -0.1) is 10.2 Å². The molecule has 1 unspecified atom stereocenters. The van der Waals surface area contributed by atoms with Crippen LogP contribution in [0.1, 0.15) is 24.4 Å². The molecule has 5 nitrogen and oxygen atoms in total. The highest BCUT2D eigenvalue weighted by Gasteiger charge is 2.31. The second-order valence-corrected chi connectivity index (χ2v) is 8.52. The van der Waals surface area contributed by atoms with Crippen molar-refractivity contribution in [3.8, 4) is 11.4 Å². The summed E-state index contributed by atoms with van der Waals surface area (Å²) in [6.45, 7) is 1.36. The average molecular weight is 413 g/mol. The number of rotatable bonds is 9. The molecule has 0 spiro atoms. The normalized spacial score (nSPS) is 15.0. The van der Waals surface area contributed by atoms with Crippen LogP contribution >= 0.6 is 11.8 Å². The van der Waals surface area contributed by atoms with Crippen LogP contribution in [0, 0.1) is 5.82 Å². The van der Waals surface area contributed by atoms with Crippen molar-refractivity contribution in [2.24, 2.45) is 0 Å². The summed E-state index contributed by atoms with van der Waals surface area (Å²) in [5.41, 5.74) is 1.69. The number of hydrogen-bond acceptors (Lipinski definition) is 5. The van der Waals surface area contributed by atoms with Gasteiger partial charge >= 0.3 is 0 Å². The fraction of sp³-hybridized carbons (Fsp3) is 0.364. The van der Waals surface area contributed by atoms with Crippen LogP contribution in [-0.2, 0) is 6.54 Å². The zero-order valence-electron chi connectivity index (χ0n) is 16.4. The molecule has 7 heteroatoms. The van der Waals surface area contributed by atoms with Crippen molar-refractivity contribution < 1.29 is 9.50 Å². The van der Waals surface area contributed by atoms with E-state index in [-0.39, 0.29) is 5.82 Å². The highest BCUT2D eigenvalue weighted by molar-refractivity contribution is 7.99. The number of aliphatic hydroxyl groups is 1. The predicted octanol–water partition coefficient (Wildman–Crippen LogP) is 4.00. The zero-order valence-corrected chi connectivity index (χ0v) is 17.2. The fourth-order valence-corrected chi connectivity index (χ4v) is 4.33. The molecule has 1 N–H and O–H groups in total. The van der Waals surface area contributed by atoms with Crippen molar-refractivity contribution >= 4 is 11.8 Å². The van der Waals surface area contributed by atoms with Gasteiger partial charge in [0.15, 0.2) is 11.0 Å². The second-order valence-electron chi connectivity index (χ2n) is 7.53. The Morgan fingerprint density at radius 3 is 2.59 bits per heavy atom. The Hall–Kier alpha value is -2.22. The molecule has 0 aliphatic heterocycles. The molecule has 2 aromatic carbocycles. The molecule has 0 amide bonds. The SMILES string of the molecule is CN(Cc1ccccc1)CC(O)CSc1nnc(-c2ccccc2F)n1C1CC1. The van der Waals surface area contributed by atoms with Crippen LogP contribution < -0.4 is 0 Å². The molecule has 1 heterocycles. The lowest BCUT2D eigenvalue weighted by atomic mass is 10.2. The summed E-state index contributed by atoms with van der Waals surface area (Å²) >= 11 is 1.48. The number of halogens is 1. The van der Waals surface area contributed by atoms with Crippen LogP contribution in [0.3, 0.4) is 0 Å². The minimum absolute atomic E-state index is 0.291. The monoisotopic (exact) mass is 412 g/mol. The van der Waals surface area contributed by atoms with Gasteiger partial charge in [-0.3, -0.25) is 9.47 Å². The quantitative estimate of drug-likeness (QED) is 0.539. The van der Waals surface area contributed by atoms with Crippen LogP contribution in [0.4, 0.5) is 4.39 Å². The largest absolute Gasteiger partial charge is 0.391 e. The molecule has 1 fully saturated rings. The van der Waals surface area contributed by atoms with Gasteiger partial charge in [0.1, 0.15) is 5.82 Å². The third-order valence-electron chi connectivity index (χ3n) is 4.91. The van der Waals surface area contributed by atoms with Crippen molar-refractivity contribution in [3.05, 3.63) is 66.0 Å². The summed E-state index contributed by atoms with van der Waals surface area (Å²) in [7, 11) is 2.00. The van der Waals surface area contributed by atoms with Crippen LogP contribution in [0.2, 0.25) is 0 Å². The fourth-order valence-electron chi connectivity index (χ4n) is 3.41. The summed E-state index contributed by atoms with van der Waals surface area (Å²) in [5.74, 6) is 0.797. The minimum Gasteiger partial charge on any atom is -0.391 e. The highest BCUT2D eigenvalue weighted by atomic mass is 32.2. The zero-order chi connectivity index (χ0) is 20.2. The van der Waals surface area contributed by atoms with Crippen molar-refractivity contribution in [2.75, 3.05) is 19.3 Å². The van der Waals surface area contributed by atoms with Crippen molar-refractivity contribution in [3.63, 3.8) is 0 Å². The Morgan fingerprint density at radius 2 is 1.86 bits per heavy atom. The number of thioether (sulfide) groups is 1. The molecule has 1 saturated carbocycles. The van der Waals surface area contributed by atoms with Gasteiger partial charge in [0, 0.05) is 24.9 Å². The van der Waals surface area contributed by atoms with Crippen LogP contribution in [-0.4, -0.2) is 50.2 Å².